The average molecular weight is 402 g/mol. The van der Waals surface area contributed by atoms with Crippen molar-refractivity contribution in [1.29, 1.82) is 0 Å². The first-order valence-electron chi connectivity index (χ1n) is 10.5. The van der Waals surface area contributed by atoms with Gasteiger partial charge in [0.05, 0.1) is 24.1 Å². The molecule has 1 aliphatic heterocycles. The minimum atomic E-state index is 0.0716. The minimum Gasteiger partial charge on any atom is -0.496 e. The van der Waals surface area contributed by atoms with Gasteiger partial charge in [-0.3, -0.25) is 4.79 Å². The number of carbonyl (C=O) groups is 1. The summed E-state index contributed by atoms with van der Waals surface area (Å²) in [5.41, 5.74) is 5.64. The van der Waals surface area contributed by atoms with Gasteiger partial charge in [-0.05, 0) is 56.5 Å². The van der Waals surface area contributed by atoms with Crippen LogP contribution in [0.3, 0.4) is 0 Å². The van der Waals surface area contributed by atoms with Gasteiger partial charge < -0.3 is 9.64 Å². The van der Waals surface area contributed by atoms with Crippen LogP contribution in [0.15, 0.2) is 54.6 Å². The summed E-state index contributed by atoms with van der Waals surface area (Å²) in [6.07, 6.45) is 2.22. The van der Waals surface area contributed by atoms with Crippen LogP contribution < -0.4 is 4.74 Å². The van der Waals surface area contributed by atoms with Crippen LogP contribution in [0.1, 0.15) is 46.1 Å². The summed E-state index contributed by atoms with van der Waals surface area (Å²) in [5.74, 6) is 1.21. The molecule has 2 aromatic carbocycles. The predicted molar refractivity (Wildman–Crippen MR) is 116 cm³/mol. The van der Waals surface area contributed by atoms with Gasteiger partial charge >= 0.3 is 0 Å². The summed E-state index contributed by atoms with van der Waals surface area (Å²) in [7, 11) is 1.61. The van der Waals surface area contributed by atoms with Gasteiger partial charge in [0, 0.05) is 30.1 Å². The van der Waals surface area contributed by atoms with Gasteiger partial charge in [0.1, 0.15) is 5.75 Å². The maximum Gasteiger partial charge on any atom is 0.257 e. The van der Waals surface area contributed by atoms with Gasteiger partial charge in [0.2, 0.25) is 0 Å². The molecule has 1 aromatic heterocycles. The molecule has 3 aromatic rings. The molecule has 1 saturated carbocycles. The quantitative estimate of drug-likeness (QED) is 0.646. The zero-order valence-electron chi connectivity index (χ0n) is 17.8. The zero-order valence-corrected chi connectivity index (χ0v) is 17.8. The maximum atomic E-state index is 12.9. The Balaban J connectivity index is 1.28. The smallest absolute Gasteiger partial charge is 0.257 e. The highest BCUT2D eigenvalue weighted by molar-refractivity contribution is 5.97. The SMILES string of the molecule is COc1ccccc1C(=O)N1CC2(CC(c3cc(C)nn3-c3ccccc3C)C2)C1. The lowest BCUT2D eigenvalue weighted by molar-refractivity contribution is -0.0566. The van der Waals surface area contributed by atoms with Crippen LogP contribution in [-0.4, -0.2) is 40.8 Å². The summed E-state index contributed by atoms with van der Waals surface area (Å²) in [5, 5.41) is 4.78. The molecule has 5 heteroatoms. The van der Waals surface area contributed by atoms with Crippen LogP contribution in [0.5, 0.6) is 5.75 Å². The largest absolute Gasteiger partial charge is 0.496 e. The average Bonchev–Trinajstić information content (AvgIpc) is 3.07. The number of carbonyl (C=O) groups excluding carboxylic acids is 1. The molecule has 1 amide bonds. The first-order chi connectivity index (χ1) is 14.5. The van der Waals surface area contributed by atoms with E-state index in [9.17, 15) is 4.79 Å². The van der Waals surface area contributed by atoms with Crippen LogP contribution in [0.25, 0.3) is 5.69 Å². The maximum absolute atomic E-state index is 12.9. The molecule has 0 radical (unpaired) electrons. The molecular weight excluding hydrogens is 374 g/mol. The number of hydrogen-bond acceptors (Lipinski definition) is 3. The van der Waals surface area contributed by atoms with Crippen LogP contribution >= 0.6 is 0 Å². The van der Waals surface area contributed by atoms with E-state index < -0.39 is 0 Å². The molecular formula is C25H27N3O2. The normalized spacial score (nSPS) is 17.5. The van der Waals surface area contributed by atoms with Crippen molar-refractivity contribution in [2.45, 2.75) is 32.6 Å². The van der Waals surface area contributed by atoms with Crippen LogP contribution in [-0.2, 0) is 0 Å². The van der Waals surface area contributed by atoms with E-state index in [0.717, 1.165) is 37.3 Å². The number of hydrogen-bond donors (Lipinski definition) is 0. The molecule has 0 unspecified atom stereocenters. The Morgan fingerprint density at radius 1 is 1.07 bits per heavy atom. The van der Waals surface area contributed by atoms with E-state index in [1.807, 2.05) is 29.2 Å². The van der Waals surface area contributed by atoms with Crippen molar-refractivity contribution in [3.05, 3.63) is 77.1 Å². The molecule has 0 bridgehead atoms. The first-order valence-corrected chi connectivity index (χ1v) is 10.5. The van der Waals surface area contributed by atoms with E-state index in [1.165, 1.54) is 11.3 Å². The Bertz CT molecular complexity index is 1100. The molecule has 1 aliphatic carbocycles. The minimum absolute atomic E-state index is 0.0716. The number of ether oxygens (including phenoxy) is 1. The number of rotatable bonds is 4. The zero-order chi connectivity index (χ0) is 20.9. The van der Waals surface area contributed by atoms with E-state index >= 15 is 0 Å². The number of methoxy groups -OCH3 is 1. The van der Waals surface area contributed by atoms with Gasteiger partial charge in [0.15, 0.2) is 0 Å². The third kappa shape index (κ3) is 3.00. The molecule has 5 nitrogen and oxygen atoms in total. The van der Waals surface area contributed by atoms with Crippen molar-refractivity contribution in [3.63, 3.8) is 0 Å². The topological polar surface area (TPSA) is 47.4 Å². The van der Waals surface area contributed by atoms with Gasteiger partial charge in [-0.1, -0.05) is 30.3 Å². The van der Waals surface area contributed by atoms with Crippen LogP contribution in [0.4, 0.5) is 0 Å². The van der Waals surface area contributed by atoms with E-state index in [1.54, 1.807) is 7.11 Å². The van der Waals surface area contributed by atoms with Crippen molar-refractivity contribution in [1.82, 2.24) is 14.7 Å². The molecule has 2 heterocycles. The third-order valence-corrected chi connectivity index (χ3v) is 6.66. The number of likely N-dealkylation sites (tertiary alicyclic amines) is 1. The molecule has 5 rings (SSSR count). The number of para-hydroxylation sites is 2. The Kier molecular flexibility index (Phi) is 4.42. The fourth-order valence-corrected chi connectivity index (χ4v) is 5.16. The lowest BCUT2D eigenvalue weighted by atomic mass is 9.57. The van der Waals surface area contributed by atoms with E-state index in [2.05, 4.69) is 48.9 Å². The van der Waals surface area contributed by atoms with Crippen molar-refractivity contribution < 1.29 is 9.53 Å². The number of aromatic nitrogens is 2. The Labute approximate surface area is 177 Å². The van der Waals surface area contributed by atoms with Gasteiger partial charge in [-0.15, -0.1) is 0 Å². The molecule has 0 N–H and O–H groups in total. The van der Waals surface area contributed by atoms with Crippen LogP contribution in [0.2, 0.25) is 0 Å². The number of benzene rings is 2. The molecule has 30 heavy (non-hydrogen) atoms. The molecule has 1 spiro atoms. The second kappa shape index (κ2) is 7.01. The van der Waals surface area contributed by atoms with E-state index in [0.29, 0.717) is 17.2 Å². The lowest BCUT2D eigenvalue weighted by Gasteiger charge is -2.59. The number of aryl methyl sites for hydroxylation is 2. The molecule has 154 valence electrons. The summed E-state index contributed by atoms with van der Waals surface area (Å²) in [6, 6.07) is 18.1. The molecule has 2 fully saturated rings. The summed E-state index contributed by atoms with van der Waals surface area (Å²) >= 11 is 0. The fraction of sp³-hybridized carbons (Fsp3) is 0.360. The molecule has 1 saturated heterocycles. The predicted octanol–water partition coefficient (Wildman–Crippen LogP) is 4.52. The molecule has 2 aliphatic rings. The van der Waals surface area contributed by atoms with Crippen molar-refractivity contribution >= 4 is 5.91 Å². The highest BCUT2D eigenvalue weighted by atomic mass is 16.5. The van der Waals surface area contributed by atoms with Gasteiger partial charge in [-0.2, -0.15) is 5.10 Å². The Morgan fingerprint density at radius 3 is 2.50 bits per heavy atom. The van der Waals surface area contributed by atoms with Crippen molar-refractivity contribution in [2.24, 2.45) is 5.41 Å². The number of nitrogens with zero attached hydrogens (tertiary/aromatic N) is 3. The van der Waals surface area contributed by atoms with E-state index in [4.69, 9.17) is 9.84 Å². The second-order valence-electron chi connectivity index (χ2n) is 8.88. The van der Waals surface area contributed by atoms with Gasteiger partial charge in [0.25, 0.3) is 5.91 Å². The highest BCUT2D eigenvalue weighted by Crippen LogP contribution is 2.56. The lowest BCUT2D eigenvalue weighted by Crippen LogP contribution is -2.63. The first kappa shape index (κ1) is 18.9. The third-order valence-electron chi connectivity index (χ3n) is 6.66. The van der Waals surface area contributed by atoms with Gasteiger partial charge in [-0.25, -0.2) is 4.68 Å². The summed E-state index contributed by atoms with van der Waals surface area (Å²) < 4.78 is 7.49. The Morgan fingerprint density at radius 2 is 1.77 bits per heavy atom. The highest BCUT2D eigenvalue weighted by Gasteiger charge is 2.54. The Hall–Kier alpha value is -3.08. The second-order valence-corrected chi connectivity index (χ2v) is 8.88. The van der Waals surface area contributed by atoms with Crippen molar-refractivity contribution in [2.75, 3.05) is 20.2 Å². The summed E-state index contributed by atoms with van der Waals surface area (Å²) in [4.78, 5) is 14.9. The standard InChI is InChI=1S/C25H27N3O2/c1-17-8-4-6-10-21(17)28-22(12-18(2)26-28)19-13-25(14-19)15-27(16-25)24(29)20-9-5-7-11-23(20)30-3/h4-12,19H,13-16H2,1-3H3. The van der Waals surface area contributed by atoms with Crippen LogP contribution in [0, 0.1) is 19.3 Å². The monoisotopic (exact) mass is 401 g/mol. The van der Waals surface area contributed by atoms with Crippen molar-refractivity contribution in [3.8, 4) is 11.4 Å². The number of amides is 1. The molecule has 0 atom stereocenters. The van der Waals surface area contributed by atoms with E-state index in [-0.39, 0.29) is 11.3 Å². The fourth-order valence-electron chi connectivity index (χ4n) is 5.16. The summed E-state index contributed by atoms with van der Waals surface area (Å²) in [6.45, 7) is 5.85.